The molecule has 4 nitrogen and oxygen atoms in total. The molecule has 0 heterocycles. The summed E-state index contributed by atoms with van der Waals surface area (Å²) in [7, 11) is -3.85. The Bertz CT molecular complexity index is 596. The number of nitrogen functional groups attached to an aromatic ring is 1. The molecule has 1 saturated carbocycles. The van der Waals surface area contributed by atoms with E-state index in [0.717, 1.165) is 12.5 Å². The lowest BCUT2D eigenvalue weighted by molar-refractivity contribution is 0.538. The Kier molecular flexibility index (Phi) is 2.90. The van der Waals surface area contributed by atoms with Crippen LogP contribution in [0.25, 0.3) is 0 Å². The zero-order chi connectivity index (χ0) is 13.7. The Morgan fingerprint density at radius 3 is 2.50 bits per heavy atom. The van der Waals surface area contributed by atoms with Crippen LogP contribution in [0, 0.1) is 18.2 Å². The number of benzene rings is 1. The van der Waals surface area contributed by atoms with Crippen LogP contribution in [0.3, 0.4) is 0 Å². The van der Waals surface area contributed by atoms with Crippen LogP contribution in [0.4, 0.5) is 10.1 Å². The van der Waals surface area contributed by atoms with E-state index in [-0.39, 0.29) is 27.6 Å². The molecule has 2 rings (SSSR count). The molecule has 6 heteroatoms. The van der Waals surface area contributed by atoms with Gasteiger partial charge < -0.3 is 5.73 Å². The molecule has 1 atom stereocenters. The third-order valence-electron chi connectivity index (χ3n) is 3.34. The Labute approximate surface area is 106 Å². The number of nitrogens with one attached hydrogen (secondary N) is 1. The van der Waals surface area contributed by atoms with Gasteiger partial charge in [0.1, 0.15) is 10.7 Å². The maximum atomic E-state index is 13.9. The average molecular weight is 272 g/mol. The first kappa shape index (κ1) is 13.3. The van der Waals surface area contributed by atoms with E-state index in [9.17, 15) is 12.8 Å². The van der Waals surface area contributed by atoms with Crippen molar-refractivity contribution >= 4 is 15.7 Å². The minimum atomic E-state index is -3.85. The van der Waals surface area contributed by atoms with Crippen LogP contribution < -0.4 is 10.5 Å². The van der Waals surface area contributed by atoms with Crippen molar-refractivity contribution in [2.24, 2.45) is 5.41 Å². The summed E-state index contributed by atoms with van der Waals surface area (Å²) < 4.78 is 40.6. The first-order valence-electron chi connectivity index (χ1n) is 5.71. The highest BCUT2D eigenvalue weighted by Gasteiger charge is 2.48. The zero-order valence-electron chi connectivity index (χ0n) is 10.6. The van der Waals surface area contributed by atoms with Gasteiger partial charge in [0.05, 0.1) is 0 Å². The molecule has 1 aromatic carbocycles. The minimum Gasteiger partial charge on any atom is -0.399 e. The van der Waals surface area contributed by atoms with Crippen molar-refractivity contribution in [2.75, 3.05) is 5.73 Å². The van der Waals surface area contributed by atoms with Crippen LogP contribution in [0.15, 0.2) is 17.0 Å². The van der Waals surface area contributed by atoms with Crippen molar-refractivity contribution in [1.82, 2.24) is 4.72 Å². The Hall–Kier alpha value is -1.14. The Morgan fingerprint density at radius 2 is 2.00 bits per heavy atom. The molecule has 0 spiro atoms. The van der Waals surface area contributed by atoms with Crippen molar-refractivity contribution in [1.29, 1.82) is 0 Å². The standard InChI is InChI=1S/C12H17FN2O2S/c1-7-4-8(14)5-9(11(7)13)18(16,17)15-10-6-12(10,2)3/h4-5,10,15H,6,14H2,1-3H3. The van der Waals surface area contributed by atoms with Gasteiger partial charge in [-0.05, 0) is 36.5 Å². The third kappa shape index (κ3) is 2.35. The lowest BCUT2D eigenvalue weighted by Crippen LogP contribution is -2.29. The molecule has 0 aromatic heterocycles. The lowest BCUT2D eigenvalue weighted by Gasteiger charge is -2.11. The number of aryl methyl sites for hydroxylation is 1. The van der Waals surface area contributed by atoms with E-state index in [0.29, 0.717) is 0 Å². The minimum absolute atomic E-state index is 0.0566. The van der Waals surface area contributed by atoms with Crippen LogP contribution in [0.5, 0.6) is 0 Å². The Balaban J connectivity index is 2.36. The van der Waals surface area contributed by atoms with Crippen LogP contribution in [-0.4, -0.2) is 14.5 Å². The maximum absolute atomic E-state index is 13.9. The highest BCUT2D eigenvalue weighted by atomic mass is 32.2. The van der Waals surface area contributed by atoms with E-state index in [2.05, 4.69) is 4.72 Å². The smallest absolute Gasteiger partial charge is 0.243 e. The molecule has 1 unspecified atom stereocenters. The van der Waals surface area contributed by atoms with Crippen molar-refractivity contribution in [2.45, 2.75) is 38.1 Å². The molecule has 18 heavy (non-hydrogen) atoms. The van der Waals surface area contributed by atoms with Gasteiger partial charge in [0.2, 0.25) is 10.0 Å². The van der Waals surface area contributed by atoms with E-state index in [1.54, 1.807) is 0 Å². The fourth-order valence-corrected chi connectivity index (χ4v) is 3.47. The molecule has 1 aliphatic rings. The Morgan fingerprint density at radius 1 is 1.44 bits per heavy atom. The van der Waals surface area contributed by atoms with Gasteiger partial charge >= 0.3 is 0 Å². The topological polar surface area (TPSA) is 72.2 Å². The molecule has 100 valence electrons. The summed E-state index contributed by atoms with van der Waals surface area (Å²) in [6.45, 7) is 5.41. The maximum Gasteiger partial charge on any atom is 0.243 e. The molecular weight excluding hydrogens is 255 g/mol. The molecule has 0 amide bonds. The van der Waals surface area contributed by atoms with Gasteiger partial charge in [-0.3, -0.25) is 0 Å². The number of nitrogens with two attached hydrogens (primary N) is 1. The van der Waals surface area contributed by atoms with Crippen LogP contribution >= 0.6 is 0 Å². The molecular formula is C12H17FN2O2S. The normalized spacial score (nSPS) is 21.9. The second-order valence-corrected chi connectivity index (χ2v) is 7.20. The van der Waals surface area contributed by atoms with Gasteiger partial charge in [-0.2, -0.15) is 0 Å². The van der Waals surface area contributed by atoms with E-state index in [1.165, 1.54) is 13.0 Å². The molecule has 0 aliphatic heterocycles. The number of sulfonamides is 1. The summed E-state index contributed by atoms with van der Waals surface area (Å²) in [5.74, 6) is -0.741. The molecule has 1 aliphatic carbocycles. The first-order valence-corrected chi connectivity index (χ1v) is 7.20. The molecule has 3 N–H and O–H groups in total. The summed E-state index contributed by atoms with van der Waals surface area (Å²) >= 11 is 0. The first-order chi connectivity index (χ1) is 8.13. The van der Waals surface area contributed by atoms with E-state index >= 15 is 0 Å². The fourth-order valence-electron chi connectivity index (χ4n) is 1.88. The van der Waals surface area contributed by atoms with Crippen molar-refractivity contribution < 1.29 is 12.8 Å². The fraction of sp³-hybridized carbons (Fsp3) is 0.500. The van der Waals surface area contributed by atoms with E-state index < -0.39 is 15.8 Å². The van der Waals surface area contributed by atoms with Gasteiger partial charge in [-0.25, -0.2) is 17.5 Å². The van der Waals surface area contributed by atoms with Crippen molar-refractivity contribution in [3.05, 3.63) is 23.5 Å². The quantitative estimate of drug-likeness (QED) is 0.824. The van der Waals surface area contributed by atoms with Gasteiger partial charge in [-0.1, -0.05) is 13.8 Å². The zero-order valence-corrected chi connectivity index (χ0v) is 11.4. The second-order valence-electron chi connectivity index (χ2n) is 5.52. The number of hydrogen-bond donors (Lipinski definition) is 2. The second kappa shape index (κ2) is 3.93. The number of anilines is 1. The largest absolute Gasteiger partial charge is 0.399 e. The summed E-state index contributed by atoms with van der Waals surface area (Å²) in [5, 5.41) is 0. The van der Waals surface area contributed by atoms with Crippen LogP contribution in [0.1, 0.15) is 25.8 Å². The predicted octanol–water partition coefficient (Wildman–Crippen LogP) is 1.79. The number of rotatable bonds is 3. The highest BCUT2D eigenvalue weighted by Crippen LogP contribution is 2.45. The van der Waals surface area contributed by atoms with Gasteiger partial charge in [0.15, 0.2) is 0 Å². The molecule has 1 aromatic rings. The van der Waals surface area contributed by atoms with Gasteiger partial charge in [0, 0.05) is 11.7 Å². The summed E-state index contributed by atoms with van der Waals surface area (Å²) in [4.78, 5) is -0.372. The molecule has 0 bridgehead atoms. The van der Waals surface area contributed by atoms with Crippen molar-refractivity contribution in [3.63, 3.8) is 0 Å². The van der Waals surface area contributed by atoms with Gasteiger partial charge in [0.25, 0.3) is 0 Å². The van der Waals surface area contributed by atoms with Crippen LogP contribution in [0.2, 0.25) is 0 Å². The lowest BCUT2D eigenvalue weighted by atomic mass is 10.2. The SMILES string of the molecule is Cc1cc(N)cc(S(=O)(=O)NC2CC2(C)C)c1F. The summed E-state index contributed by atoms with van der Waals surface area (Å²) in [6, 6.07) is 2.43. The monoisotopic (exact) mass is 272 g/mol. The summed E-state index contributed by atoms with van der Waals surface area (Å²) in [5.41, 5.74) is 5.98. The predicted molar refractivity (Wildman–Crippen MR) is 68.1 cm³/mol. The molecule has 1 fully saturated rings. The highest BCUT2D eigenvalue weighted by molar-refractivity contribution is 7.89. The van der Waals surface area contributed by atoms with Crippen LogP contribution in [-0.2, 0) is 10.0 Å². The molecule has 0 radical (unpaired) electrons. The third-order valence-corrected chi connectivity index (χ3v) is 4.81. The van der Waals surface area contributed by atoms with Crippen molar-refractivity contribution in [3.8, 4) is 0 Å². The average Bonchev–Trinajstić information content (AvgIpc) is 2.78. The van der Waals surface area contributed by atoms with Gasteiger partial charge in [-0.15, -0.1) is 0 Å². The number of halogens is 1. The molecule has 0 saturated heterocycles. The van der Waals surface area contributed by atoms with E-state index in [1.807, 2.05) is 13.8 Å². The van der Waals surface area contributed by atoms with E-state index in [4.69, 9.17) is 5.73 Å². The number of hydrogen-bond acceptors (Lipinski definition) is 3. The summed E-state index contributed by atoms with van der Waals surface area (Å²) in [6.07, 6.45) is 0.759.